The van der Waals surface area contributed by atoms with Gasteiger partial charge in [-0.05, 0) is 37.8 Å². The van der Waals surface area contributed by atoms with E-state index in [-0.39, 0.29) is 0 Å². The fourth-order valence-electron chi connectivity index (χ4n) is 1.85. The van der Waals surface area contributed by atoms with E-state index in [2.05, 4.69) is 33.0 Å². The third kappa shape index (κ3) is 4.63. The Labute approximate surface area is 83.3 Å². The molecule has 0 heterocycles. The summed E-state index contributed by atoms with van der Waals surface area (Å²) in [7, 11) is 2.05. The van der Waals surface area contributed by atoms with Gasteiger partial charge in [0.2, 0.25) is 0 Å². The van der Waals surface area contributed by atoms with Crippen molar-refractivity contribution in [3.63, 3.8) is 0 Å². The standard InChI is InChI=1S/C11H26N2/c1-9(2)8-10(13-5)11(3,4)6-7-12/h9-10,13H,6-8,12H2,1-5H3. The Bertz CT molecular complexity index is 130. The fourth-order valence-corrected chi connectivity index (χ4v) is 1.85. The van der Waals surface area contributed by atoms with Crippen LogP contribution in [0.2, 0.25) is 0 Å². The molecule has 0 aromatic carbocycles. The Morgan fingerprint density at radius 2 is 1.85 bits per heavy atom. The van der Waals surface area contributed by atoms with E-state index >= 15 is 0 Å². The van der Waals surface area contributed by atoms with Crippen LogP contribution in [0.4, 0.5) is 0 Å². The third-order valence-corrected chi connectivity index (χ3v) is 2.79. The minimum Gasteiger partial charge on any atom is -0.330 e. The summed E-state index contributed by atoms with van der Waals surface area (Å²) in [4.78, 5) is 0. The maximum atomic E-state index is 5.61. The highest BCUT2D eigenvalue weighted by atomic mass is 14.9. The molecule has 0 fully saturated rings. The van der Waals surface area contributed by atoms with Crippen LogP contribution in [0.5, 0.6) is 0 Å². The molecule has 0 spiro atoms. The molecule has 0 aliphatic rings. The average molecular weight is 186 g/mol. The lowest BCUT2D eigenvalue weighted by Gasteiger charge is -2.35. The summed E-state index contributed by atoms with van der Waals surface area (Å²) in [5, 5.41) is 3.40. The van der Waals surface area contributed by atoms with E-state index in [1.165, 1.54) is 6.42 Å². The van der Waals surface area contributed by atoms with Crippen molar-refractivity contribution >= 4 is 0 Å². The van der Waals surface area contributed by atoms with Crippen molar-refractivity contribution in [3.05, 3.63) is 0 Å². The van der Waals surface area contributed by atoms with Gasteiger partial charge in [-0.25, -0.2) is 0 Å². The third-order valence-electron chi connectivity index (χ3n) is 2.79. The van der Waals surface area contributed by atoms with Crippen LogP contribution in [0.15, 0.2) is 0 Å². The Hall–Kier alpha value is -0.0800. The van der Waals surface area contributed by atoms with Gasteiger partial charge in [0.25, 0.3) is 0 Å². The lowest BCUT2D eigenvalue weighted by molar-refractivity contribution is 0.208. The quantitative estimate of drug-likeness (QED) is 0.666. The summed E-state index contributed by atoms with van der Waals surface area (Å²) in [6.45, 7) is 9.90. The van der Waals surface area contributed by atoms with E-state index in [0.29, 0.717) is 11.5 Å². The molecular formula is C11H26N2. The highest BCUT2D eigenvalue weighted by Crippen LogP contribution is 2.28. The van der Waals surface area contributed by atoms with Crippen molar-refractivity contribution in [1.29, 1.82) is 0 Å². The predicted molar refractivity (Wildman–Crippen MR) is 59.8 cm³/mol. The van der Waals surface area contributed by atoms with Crippen molar-refractivity contribution < 1.29 is 0 Å². The monoisotopic (exact) mass is 186 g/mol. The highest BCUT2D eigenvalue weighted by molar-refractivity contribution is 4.84. The van der Waals surface area contributed by atoms with Crippen molar-refractivity contribution in [2.24, 2.45) is 17.1 Å². The molecule has 0 amide bonds. The molecule has 2 nitrogen and oxygen atoms in total. The minimum atomic E-state index is 0.313. The number of nitrogens with two attached hydrogens (primary N) is 1. The van der Waals surface area contributed by atoms with E-state index in [0.717, 1.165) is 18.9 Å². The molecule has 1 atom stereocenters. The molecule has 1 unspecified atom stereocenters. The lowest BCUT2D eigenvalue weighted by atomic mass is 9.78. The van der Waals surface area contributed by atoms with Gasteiger partial charge in [-0.1, -0.05) is 27.7 Å². The molecule has 0 aromatic heterocycles. The molecule has 13 heavy (non-hydrogen) atoms. The van der Waals surface area contributed by atoms with Gasteiger partial charge < -0.3 is 11.1 Å². The molecule has 80 valence electrons. The molecule has 0 aliphatic heterocycles. The van der Waals surface area contributed by atoms with Crippen LogP contribution in [-0.2, 0) is 0 Å². The fraction of sp³-hybridized carbons (Fsp3) is 1.00. The summed E-state index contributed by atoms with van der Waals surface area (Å²) >= 11 is 0. The summed E-state index contributed by atoms with van der Waals surface area (Å²) in [5.41, 5.74) is 5.92. The largest absolute Gasteiger partial charge is 0.330 e. The molecule has 0 bridgehead atoms. The number of hydrogen-bond acceptors (Lipinski definition) is 2. The van der Waals surface area contributed by atoms with Crippen LogP contribution < -0.4 is 11.1 Å². The summed E-state index contributed by atoms with van der Waals surface area (Å²) in [6.07, 6.45) is 2.31. The van der Waals surface area contributed by atoms with Crippen LogP contribution in [-0.4, -0.2) is 19.6 Å². The molecule has 0 aromatic rings. The summed E-state index contributed by atoms with van der Waals surface area (Å²) in [5.74, 6) is 0.745. The maximum Gasteiger partial charge on any atom is 0.0118 e. The van der Waals surface area contributed by atoms with Crippen LogP contribution in [0.3, 0.4) is 0 Å². The van der Waals surface area contributed by atoms with Crippen LogP contribution >= 0.6 is 0 Å². The van der Waals surface area contributed by atoms with Gasteiger partial charge in [-0.15, -0.1) is 0 Å². The Balaban J connectivity index is 4.19. The first-order chi connectivity index (χ1) is 5.94. The van der Waals surface area contributed by atoms with E-state index in [9.17, 15) is 0 Å². The zero-order valence-corrected chi connectivity index (χ0v) is 9.85. The molecular weight excluding hydrogens is 160 g/mol. The van der Waals surface area contributed by atoms with Gasteiger partial charge in [0.1, 0.15) is 0 Å². The Morgan fingerprint density at radius 3 is 2.15 bits per heavy atom. The second-order valence-corrected chi connectivity index (χ2v) is 5.00. The van der Waals surface area contributed by atoms with Gasteiger partial charge in [-0.2, -0.15) is 0 Å². The highest BCUT2D eigenvalue weighted by Gasteiger charge is 2.27. The molecule has 0 saturated carbocycles. The van der Waals surface area contributed by atoms with Crippen LogP contribution in [0, 0.1) is 11.3 Å². The van der Waals surface area contributed by atoms with Crippen molar-refractivity contribution in [2.75, 3.05) is 13.6 Å². The average Bonchev–Trinajstić information content (AvgIpc) is 1.99. The minimum absolute atomic E-state index is 0.313. The second kappa shape index (κ2) is 5.61. The normalized spacial score (nSPS) is 15.0. The Morgan fingerprint density at radius 1 is 1.31 bits per heavy atom. The molecule has 2 heteroatoms. The second-order valence-electron chi connectivity index (χ2n) is 5.00. The Kier molecular flexibility index (Phi) is 5.57. The van der Waals surface area contributed by atoms with Gasteiger partial charge in [0.15, 0.2) is 0 Å². The topological polar surface area (TPSA) is 38.0 Å². The van der Waals surface area contributed by atoms with Gasteiger partial charge >= 0.3 is 0 Å². The molecule has 0 saturated heterocycles. The van der Waals surface area contributed by atoms with Crippen molar-refractivity contribution in [3.8, 4) is 0 Å². The predicted octanol–water partition coefficient (Wildman–Crippen LogP) is 2.00. The van der Waals surface area contributed by atoms with Crippen molar-refractivity contribution in [1.82, 2.24) is 5.32 Å². The number of hydrogen-bond donors (Lipinski definition) is 2. The molecule has 0 radical (unpaired) electrons. The van der Waals surface area contributed by atoms with Gasteiger partial charge in [0, 0.05) is 6.04 Å². The number of rotatable bonds is 6. The zero-order valence-electron chi connectivity index (χ0n) is 9.85. The van der Waals surface area contributed by atoms with E-state index in [1.54, 1.807) is 0 Å². The lowest BCUT2D eigenvalue weighted by Crippen LogP contribution is -2.42. The summed E-state index contributed by atoms with van der Waals surface area (Å²) in [6, 6.07) is 0.580. The maximum absolute atomic E-state index is 5.61. The molecule has 0 rings (SSSR count). The summed E-state index contributed by atoms with van der Waals surface area (Å²) < 4.78 is 0. The smallest absolute Gasteiger partial charge is 0.0118 e. The number of nitrogens with one attached hydrogen (secondary N) is 1. The van der Waals surface area contributed by atoms with E-state index < -0.39 is 0 Å². The SMILES string of the molecule is CNC(CC(C)C)C(C)(C)CCN. The van der Waals surface area contributed by atoms with Gasteiger partial charge in [0.05, 0.1) is 0 Å². The van der Waals surface area contributed by atoms with Crippen molar-refractivity contribution in [2.45, 2.75) is 46.6 Å². The van der Waals surface area contributed by atoms with Crippen LogP contribution in [0.1, 0.15) is 40.5 Å². The van der Waals surface area contributed by atoms with Crippen LogP contribution in [0.25, 0.3) is 0 Å². The first kappa shape index (κ1) is 12.9. The molecule has 3 N–H and O–H groups in total. The molecule has 0 aliphatic carbocycles. The first-order valence-corrected chi connectivity index (χ1v) is 5.31. The van der Waals surface area contributed by atoms with Gasteiger partial charge in [-0.3, -0.25) is 0 Å². The van der Waals surface area contributed by atoms with E-state index in [1.807, 2.05) is 7.05 Å². The first-order valence-electron chi connectivity index (χ1n) is 5.31. The zero-order chi connectivity index (χ0) is 10.5. The van der Waals surface area contributed by atoms with E-state index in [4.69, 9.17) is 5.73 Å².